The maximum absolute atomic E-state index is 13.7. The van der Waals surface area contributed by atoms with E-state index in [1.807, 2.05) is 47.4 Å². The van der Waals surface area contributed by atoms with Gasteiger partial charge in [-0.2, -0.15) is 4.31 Å². The molecule has 1 aliphatic heterocycles. The van der Waals surface area contributed by atoms with Gasteiger partial charge in [0.1, 0.15) is 11.8 Å². The maximum Gasteiger partial charge on any atom is 0.263 e. The van der Waals surface area contributed by atoms with E-state index in [2.05, 4.69) is 12.1 Å². The molecule has 1 heterocycles. The number of para-hydroxylation sites is 1. The fourth-order valence-corrected chi connectivity index (χ4v) is 5.94. The number of nitrogens with one attached hydrogen (secondary N) is 1. The third-order valence-corrected chi connectivity index (χ3v) is 8.08. The van der Waals surface area contributed by atoms with Crippen molar-refractivity contribution >= 4 is 21.6 Å². The number of carbonyl (C=O) groups excluding carboxylic acids is 1. The fourth-order valence-electron chi connectivity index (χ4n) is 4.38. The van der Waals surface area contributed by atoms with E-state index in [0.29, 0.717) is 12.3 Å². The molecule has 0 aliphatic carbocycles. The molecule has 1 unspecified atom stereocenters. The predicted molar refractivity (Wildman–Crippen MR) is 133 cm³/mol. The molecular weight excluding hydrogens is 466 g/mol. The first-order valence-electron chi connectivity index (χ1n) is 11.4. The van der Waals surface area contributed by atoms with Crippen LogP contribution in [0, 0.1) is 0 Å². The van der Waals surface area contributed by atoms with Crippen molar-refractivity contribution in [3.63, 3.8) is 0 Å². The van der Waals surface area contributed by atoms with Crippen molar-refractivity contribution in [3.8, 4) is 5.75 Å². The topological polar surface area (TPSA) is 99.2 Å². The minimum atomic E-state index is -4.07. The van der Waals surface area contributed by atoms with Gasteiger partial charge in [0.25, 0.3) is 5.91 Å². The van der Waals surface area contributed by atoms with Crippen LogP contribution in [0.4, 0.5) is 5.69 Å². The van der Waals surface area contributed by atoms with Crippen LogP contribution in [0.2, 0.25) is 0 Å². The standard InChI is InChI=1S/C26H29N3O5S/c1-34-22-13-15-23(16-14-22)35(32,33)29-18-21-11-5-6-12-24(21)28(19-25(29)26(30)27-31)17-7-10-20-8-3-2-4-9-20/h2-6,8-9,11-16,25,31H,7,10,17-19H2,1H3,(H,27,30). The number of anilines is 1. The number of rotatable bonds is 8. The summed E-state index contributed by atoms with van der Waals surface area (Å²) in [6, 6.07) is 22.6. The molecule has 0 spiro atoms. The van der Waals surface area contributed by atoms with Crippen molar-refractivity contribution in [2.45, 2.75) is 30.3 Å². The zero-order chi connectivity index (χ0) is 24.8. The number of aryl methyl sites for hydroxylation is 1. The van der Waals surface area contributed by atoms with Gasteiger partial charge in [-0.05, 0) is 54.3 Å². The number of amides is 1. The average molecular weight is 496 g/mol. The van der Waals surface area contributed by atoms with Crippen molar-refractivity contribution in [3.05, 3.63) is 90.0 Å². The minimum Gasteiger partial charge on any atom is -0.497 e. The highest BCUT2D eigenvalue weighted by atomic mass is 32.2. The van der Waals surface area contributed by atoms with Crippen LogP contribution in [0.15, 0.2) is 83.8 Å². The monoisotopic (exact) mass is 495 g/mol. The Kier molecular flexibility index (Phi) is 7.70. The van der Waals surface area contributed by atoms with Crippen LogP contribution in [0.1, 0.15) is 17.5 Å². The van der Waals surface area contributed by atoms with Crippen molar-refractivity contribution in [2.75, 3.05) is 25.1 Å². The van der Waals surface area contributed by atoms with Crippen LogP contribution >= 0.6 is 0 Å². The number of benzene rings is 3. The highest BCUT2D eigenvalue weighted by Gasteiger charge is 2.40. The quantitative estimate of drug-likeness (QED) is 0.368. The normalized spacial score (nSPS) is 16.3. The van der Waals surface area contributed by atoms with Crippen molar-refractivity contribution in [1.29, 1.82) is 0 Å². The second-order valence-electron chi connectivity index (χ2n) is 8.38. The molecular formula is C26H29N3O5S. The van der Waals surface area contributed by atoms with Gasteiger partial charge in [0, 0.05) is 25.3 Å². The third kappa shape index (κ3) is 5.48. The number of nitrogens with zero attached hydrogens (tertiary/aromatic N) is 2. The maximum atomic E-state index is 13.7. The number of hydrogen-bond donors (Lipinski definition) is 2. The highest BCUT2D eigenvalue weighted by Crippen LogP contribution is 2.32. The Morgan fingerprint density at radius 3 is 2.40 bits per heavy atom. The van der Waals surface area contributed by atoms with Gasteiger partial charge in [-0.1, -0.05) is 48.5 Å². The summed E-state index contributed by atoms with van der Waals surface area (Å²) in [7, 11) is -2.56. The lowest BCUT2D eigenvalue weighted by atomic mass is 10.1. The van der Waals surface area contributed by atoms with Gasteiger partial charge in [0.2, 0.25) is 10.0 Å². The lowest BCUT2D eigenvalue weighted by Crippen LogP contribution is -2.52. The molecule has 3 aromatic rings. The largest absolute Gasteiger partial charge is 0.497 e. The van der Waals surface area contributed by atoms with E-state index in [0.717, 1.165) is 28.4 Å². The van der Waals surface area contributed by atoms with Gasteiger partial charge in [-0.15, -0.1) is 0 Å². The number of methoxy groups -OCH3 is 1. The van der Waals surface area contributed by atoms with Gasteiger partial charge < -0.3 is 9.64 Å². The zero-order valence-corrected chi connectivity index (χ0v) is 20.3. The van der Waals surface area contributed by atoms with Crippen LogP contribution in [-0.4, -0.2) is 50.1 Å². The molecule has 184 valence electrons. The van der Waals surface area contributed by atoms with E-state index >= 15 is 0 Å². The van der Waals surface area contributed by atoms with Gasteiger partial charge in [-0.25, -0.2) is 13.9 Å². The van der Waals surface area contributed by atoms with E-state index in [9.17, 15) is 18.4 Å². The molecule has 0 saturated heterocycles. The van der Waals surface area contributed by atoms with Crippen LogP contribution in [0.3, 0.4) is 0 Å². The van der Waals surface area contributed by atoms with Gasteiger partial charge in [-0.3, -0.25) is 10.0 Å². The molecule has 0 saturated carbocycles. The first kappa shape index (κ1) is 24.7. The Bertz CT molecular complexity index is 1250. The van der Waals surface area contributed by atoms with Crippen LogP contribution < -0.4 is 15.1 Å². The Balaban J connectivity index is 1.66. The summed E-state index contributed by atoms with van der Waals surface area (Å²) in [6.07, 6.45) is 1.67. The van der Waals surface area contributed by atoms with Gasteiger partial charge in [0.15, 0.2) is 0 Å². The summed E-state index contributed by atoms with van der Waals surface area (Å²) < 4.78 is 33.7. The SMILES string of the molecule is COc1ccc(S(=O)(=O)N2Cc3ccccc3N(CCCc3ccccc3)CC2C(=O)NO)cc1. The molecule has 1 aliphatic rings. The summed E-state index contributed by atoms with van der Waals surface area (Å²) in [4.78, 5) is 14.9. The van der Waals surface area contributed by atoms with Crippen LogP contribution in [-0.2, 0) is 27.8 Å². The molecule has 0 bridgehead atoms. The van der Waals surface area contributed by atoms with Crippen molar-refractivity contribution in [2.24, 2.45) is 0 Å². The summed E-state index contributed by atoms with van der Waals surface area (Å²) in [5.74, 6) is -0.248. The van der Waals surface area contributed by atoms with Crippen molar-refractivity contribution in [1.82, 2.24) is 9.79 Å². The molecule has 0 radical (unpaired) electrons. The number of ether oxygens (including phenoxy) is 1. The molecule has 0 aromatic heterocycles. The first-order chi connectivity index (χ1) is 16.9. The predicted octanol–water partition coefficient (Wildman–Crippen LogP) is 3.21. The average Bonchev–Trinajstić information content (AvgIpc) is 3.06. The van der Waals surface area contributed by atoms with E-state index in [-0.39, 0.29) is 18.0 Å². The van der Waals surface area contributed by atoms with Crippen LogP contribution in [0.5, 0.6) is 5.75 Å². The Morgan fingerprint density at radius 2 is 1.71 bits per heavy atom. The minimum absolute atomic E-state index is 0.00217. The lowest BCUT2D eigenvalue weighted by Gasteiger charge is -2.30. The van der Waals surface area contributed by atoms with E-state index in [4.69, 9.17) is 4.74 Å². The summed E-state index contributed by atoms with van der Waals surface area (Å²) in [6.45, 7) is 0.725. The highest BCUT2D eigenvalue weighted by molar-refractivity contribution is 7.89. The molecule has 1 atom stereocenters. The molecule has 3 aromatic carbocycles. The van der Waals surface area contributed by atoms with E-state index < -0.39 is 22.0 Å². The number of carbonyl (C=O) groups is 1. The molecule has 9 heteroatoms. The zero-order valence-electron chi connectivity index (χ0n) is 19.5. The van der Waals surface area contributed by atoms with E-state index in [1.165, 1.54) is 24.8 Å². The molecule has 8 nitrogen and oxygen atoms in total. The van der Waals surface area contributed by atoms with Crippen molar-refractivity contribution < 1.29 is 23.2 Å². The Morgan fingerprint density at radius 1 is 1.03 bits per heavy atom. The summed E-state index contributed by atoms with van der Waals surface area (Å²) >= 11 is 0. The smallest absolute Gasteiger partial charge is 0.263 e. The number of hydrogen-bond acceptors (Lipinski definition) is 6. The van der Waals surface area contributed by atoms with Crippen LogP contribution in [0.25, 0.3) is 0 Å². The molecule has 35 heavy (non-hydrogen) atoms. The molecule has 0 fully saturated rings. The summed E-state index contributed by atoms with van der Waals surface area (Å²) in [5, 5.41) is 9.47. The fraction of sp³-hybridized carbons (Fsp3) is 0.269. The molecule has 2 N–H and O–H groups in total. The number of hydroxylamine groups is 1. The first-order valence-corrected chi connectivity index (χ1v) is 12.8. The number of fused-ring (bicyclic) bond motifs is 1. The lowest BCUT2D eigenvalue weighted by molar-refractivity contribution is -0.133. The Hall–Kier alpha value is -3.40. The number of sulfonamides is 1. The van der Waals surface area contributed by atoms with E-state index in [1.54, 1.807) is 17.6 Å². The summed E-state index contributed by atoms with van der Waals surface area (Å²) in [5.41, 5.74) is 4.55. The second kappa shape index (κ2) is 10.9. The Labute approximate surface area is 205 Å². The van der Waals surface area contributed by atoms with Gasteiger partial charge >= 0.3 is 0 Å². The van der Waals surface area contributed by atoms with Gasteiger partial charge in [0.05, 0.1) is 12.0 Å². The molecule has 4 rings (SSSR count). The third-order valence-electron chi connectivity index (χ3n) is 6.21. The molecule has 1 amide bonds. The second-order valence-corrected chi connectivity index (χ2v) is 10.3.